The zero-order chi connectivity index (χ0) is 87.8. The molecule has 6 aliphatic rings. The third-order valence-corrected chi connectivity index (χ3v) is 28.9. The van der Waals surface area contributed by atoms with E-state index in [4.69, 9.17) is 4.74 Å². The van der Waals surface area contributed by atoms with Crippen molar-refractivity contribution in [1.29, 1.82) is 0 Å². The number of thiophene rings is 2. The molecular weight excluding hydrogens is 1680 g/mol. The van der Waals surface area contributed by atoms with Gasteiger partial charge in [-0.2, -0.15) is 0 Å². The molecule has 9 nitrogen and oxygen atoms in total. The Morgan fingerprint density at radius 2 is 0.492 bits per heavy atom. The molecule has 0 N–H and O–H groups in total. The van der Waals surface area contributed by atoms with Gasteiger partial charge < -0.3 is 43.9 Å². The number of anilines is 24. The maximum atomic E-state index is 18.7. The van der Waals surface area contributed by atoms with Gasteiger partial charge in [-0.05, 0) is 220 Å². The Morgan fingerprint density at radius 1 is 0.212 bits per heavy atom. The fourth-order valence-corrected chi connectivity index (χ4v) is 23.9. The van der Waals surface area contributed by atoms with Gasteiger partial charge in [0.05, 0.1) is 28.4 Å². The summed E-state index contributed by atoms with van der Waals surface area (Å²) in [5.74, 6) is -4.57. The number of nitrogens with zero attached hydrogens (tertiary/aromatic N) is 8. The van der Waals surface area contributed by atoms with E-state index in [1.165, 1.54) is 54.6 Å². The van der Waals surface area contributed by atoms with Gasteiger partial charge in [0.15, 0.2) is 0 Å². The summed E-state index contributed by atoms with van der Waals surface area (Å²) in [5, 5.41) is 1.95. The molecule has 2 aromatic heterocycles. The fourth-order valence-electron chi connectivity index (χ4n) is 21.3. The summed E-state index contributed by atoms with van der Waals surface area (Å²) in [6, 6.07) is 129. The predicted molar refractivity (Wildman–Crippen MR) is 535 cm³/mol. The Balaban J connectivity index is 0.812. The second-order valence-corrected chi connectivity index (χ2v) is 35.9. The molecule has 0 atom stereocenters. The summed E-state index contributed by atoms with van der Waals surface area (Å²) < 4.78 is 123. The van der Waals surface area contributed by atoms with E-state index in [1.807, 2.05) is 237 Å². The highest BCUT2D eigenvalue weighted by atomic mass is 32.1. The van der Waals surface area contributed by atoms with Crippen LogP contribution in [0.2, 0.25) is 0 Å². The van der Waals surface area contributed by atoms with Crippen LogP contribution in [0.4, 0.5) is 163 Å². The molecule has 0 radical (unpaired) electrons. The molecule has 0 fully saturated rings. The van der Waals surface area contributed by atoms with Gasteiger partial charge in [0.1, 0.15) is 63.5 Å². The van der Waals surface area contributed by atoms with E-state index >= 15 is 26.3 Å². The first-order valence-corrected chi connectivity index (χ1v) is 45.4. The molecule has 624 valence electrons. The molecule has 0 saturated heterocycles. The number of ether oxygens (including phenoxy) is 1. The van der Waals surface area contributed by atoms with E-state index < -0.39 is 60.7 Å². The van der Waals surface area contributed by atoms with Crippen LogP contribution in [0, 0.1) is 34.9 Å². The van der Waals surface area contributed by atoms with Gasteiger partial charge >= 0.3 is 0 Å². The smallest absolute Gasteiger partial charge is 0.264 e. The van der Waals surface area contributed by atoms with Crippen LogP contribution in [0.3, 0.4) is 0 Å². The Morgan fingerprint density at radius 3 is 0.841 bits per heavy atom. The number of halogens is 6. The summed E-state index contributed by atoms with van der Waals surface area (Å²) in [6.07, 6.45) is 0. The lowest BCUT2D eigenvalue weighted by Crippen LogP contribution is -2.65. The second-order valence-electron chi connectivity index (χ2n) is 33.7. The largest absolute Gasteiger partial charge is 0.458 e. The molecule has 18 aromatic carbocycles. The summed E-state index contributed by atoms with van der Waals surface area (Å²) in [4.78, 5) is 16.1. The summed E-state index contributed by atoms with van der Waals surface area (Å²) in [7, 11) is 0. The van der Waals surface area contributed by atoms with Gasteiger partial charge in [-0.25, -0.2) is 26.3 Å². The zero-order valence-electron chi connectivity index (χ0n) is 70.0. The van der Waals surface area contributed by atoms with Gasteiger partial charge in [0.25, 0.3) is 20.1 Å². The third-order valence-electron chi connectivity index (χ3n) is 26.5. The van der Waals surface area contributed by atoms with Crippen molar-refractivity contribution in [3.63, 3.8) is 0 Å². The van der Waals surface area contributed by atoms with Crippen LogP contribution >= 0.6 is 22.7 Å². The molecule has 20 heteroatoms. The second kappa shape index (κ2) is 30.2. The highest BCUT2D eigenvalue weighted by Crippen LogP contribution is 2.57. The van der Waals surface area contributed by atoms with Crippen LogP contribution < -0.4 is 91.7 Å². The topological polar surface area (TPSA) is 35.2 Å². The number of benzene rings is 18. The number of rotatable bonds is 14. The maximum Gasteiger partial charge on any atom is 0.264 e. The number of hydrogen-bond donors (Lipinski definition) is 0. The quantitative estimate of drug-likeness (QED) is 0.0781. The van der Waals surface area contributed by atoms with Crippen molar-refractivity contribution >= 4 is 247 Å². The highest BCUT2D eigenvalue weighted by molar-refractivity contribution is 7.34. The van der Waals surface area contributed by atoms with Crippen LogP contribution in [-0.4, -0.2) is 20.1 Å². The van der Waals surface area contributed by atoms with Crippen LogP contribution in [-0.2, 0) is 0 Å². The van der Waals surface area contributed by atoms with Crippen molar-refractivity contribution in [2.45, 2.75) is 0 Å². The van der Waals surface area contributed by atoms with Crippen molar-refractivity contribution in [2.24, 2.45) is 0 Å². The van der Waals surface area contributed by atoms with Crippen molar-refractivity contribution in [2.75, 3.05) is 39.2 Å². The standard InChI is InChI=1S/C112H67B3F6N8OS2/c116-85-50-29-51-86(117)108(85)127-92-66-91-81(64-82(92)114-103-94(125(74-44-21-7-22-45-74)106-79-48-25-27-56-101(79)131-111(106)114)58-76(60-96(103)127)122(68-32-9-1-10-33-68)69-34-11-2-12-35-69)113-84-65-83-93(67-99(84)130-100-63-78(124(72-40-17-5-18-41-72)73-42-19-6-20-43-73)62-98(105(100)113)128(91)109-87(118)52-30-53-88(109)119)129(110-89(120)54-31-55-90(110)121)97-61-77(123(70-36-13-3-14-37-70)71-38-15-4-16-39-71)59-95-104(97)115(83)112-107(80-49-26-28-57-102(80)132-112)126(95)75-46-23-8-24-47-75/h1-67H. The molecule has 8 heterocycles. The maximum absolute atomic E-state index is 18.7. The highest BCUT2D eigenvalue weighted by Gasteiger charge is 2.54. The lowest BCUT2D eigenvalue weighted by molar-refractivity contribution is 0.487. The van der Waals surface area contributed by atoms with Gasteiger partial charge in [0, 0.05) is 133 Å². The van der Waals surface area contributed by atoms with E-state index in [2.05, 4.69) is 140 Å². The first kappa shape index (κ1) is 77.0. The SMILES string of the molecule is Fc1cccc(F)c1N1c2cc3c(cc2B2c4cc5c(cc4Oc4cc(N(c6ccccc6)c6ccccc6)cc1c42)N(c1c(F)cccc1F)c1cc(N(c2ccccc2)c2ccccc2)cc2c1B5c1sc4ccccc4c1N2c1ccccc1)B1c2sc4ccccc4c2N(c2ccccc2)c2cc(N(c4ccccc4)c4ccccc4)cc(c21)N3c1c(F)cccc1F. The molecule has 0 bridgehead atoms. The minimum atomic E-state index is -0.969. The van der Waals surface area contributed by atoms with Crippen LogP contribution in [0.25, 0.3) is 20.2 Å². The molecule has 0 aliphatic carbocycles. The minimum Gasteiger partial charge on any atom is -0.458 e. The zero-order valence-corrected chi connectivity index (χ0v) is 71.6. The minimum absolute atomic E-state index is 0.268. The fraction of sp³-hybridized carbons (Fsp3) is 0. The molecule has 0 spiro atoms. The molecule has 20 aromatic rings. The van der Waals surface area contributed by atoms with E-state index in [-0.39, 0.29) is 17.1 Å². The molecule has 132 heavy (non-hydrogen) atoms. The van der Waals surface area contributed by atoms with Gasteiger partial charge in [0.2, 0.25) is 0 Å². The van der Waals surface area contributed by atoms with Crippen molar-refractivity contribution < 1.29 is 31.1 Å². The summed E-state index contributed by atoms with van der Waals surface area (Å²) in [6.45, 7) is -2.41. The first-order chi connectivity index (χ1) is 65.0. The Hall–Kier alpha value is -16.1. The molecule has 26 rings (SSSR count). The average Bonchev–Trinajstić information content (AvgIpc) is 1.16. The van der Waals surface area contributed by atoms with E-state index in [9.17, 15) is 0 Å². The molecule has 0 unspecified atom stereocenters. The van der Waals surface area contributed by atoms with Crippen molar-refractivity contribution in [1.82, 2.24) is 0 Å². The number of hydrogen-bond acceptors (Lipinski definition) is 11. The van der Waals surface area contributed by atoms with Crippen molar-refractivity contribution in [3.8, 4) is 11.5 Å². The summed E-state index contributed by atoms with van der Waals surface area (Å²) >= 11 is 3.30. The summed E-state index contributed by atoms with van der Waals surface area (Å²) in [5.41, 5.74) is 17.2. The van der Waals surface area contributed by atoms with E-state index in [0.717, 1.165) is 109 Å². The van der Waals surface area contributed by atoms with E-state index in [0.29, 0.717) is 84.3 Å². The molecule has 6 aliphatic heterocycles. The molecule has 0 amide bonds. The Labute approximate surface area is 765 Å². The average molecular weight is 1750 g/mol. The van der Waals surface area contributed by atoms with E-state index in [1.54, 1.807) is 37.4 Å². The number of fused-ring (bicyclic) bond motifs is 16. The van der Waals surface area contributed by atoms with Gasteiger partial charge in [-0.1, -0.05) is 212 Å². The normalized spacial score (nSPS) is 13.2. The lowest BCUT2D eigenvalue weighted by atomic mass is 9.30. The molecular formula is C112H67B3F6N8OS2. The van der Waals surface area contributed by atoms with Gasteiger partial charge in [-0.3, -0.25) is 0 Å². The molecule has 0 saturated carbocycles. The predicted octanol–water partition coefficient (Wildman–Crippen LogP) is 25.9. The Kier molecular flexibility index (Phi) is 17.7. The first-order valence-electron chi connectivity index (χ1n) is 43.8. The van der Waals surface area contributed by atoms with Crippen LogP contribution in [0.1, 0.15) is 0 Å². The lowest BCUT2D eigenvalue weighted by Gasteiger charge is -2.47. The third kappa shape index (κ3) is 11.7. The Bertz CT molecular complexity index is 7940. The monoisotopic (exact) mass is 1750 g/mol. The van der Waals surface area contributed by atoms with Crippen LogP contribution in [0.5, 0.6) is 11.5 Å². The van der Waals surface area contributed by atoms with Gasteiger partial charge in [-0.15, -0.1) is 22.7 Å². The van der Waals surface area contributed by atoms with Crippen LogP contribution in [0.15, 0.2) is 406 Å². The number of para-hydroxylation sites is 11. The van der Waals surface area contributed by atoms with Crippen molar-refractivity contribution in [3.05, 3.63) is 441 Å².